The molecule has 0 aliphatic carbocycles. The molecule has 0 aliphatic rings. The fourth-order valence-electron chi connectivity index (χ4n) is 1.70. The molecule has 0 heterocycles. The Bertz CT molecular complexity index is 313. The number of benzene rings is 1. The summed E-state index contributed by atoms with van der Waals surface area (Å²) in [5, 5.41) is 9.30. The number of rotatable bonds is 3. The third-order valence-corrected chi connectivity index (χ3v) is 3.04. The van der Waals surface area contributed by atoms with Crippen molar-refractivity contribution in [2.45, 2.75) is 46.1 Å². The van der Waals surface area contributed by atoms with Gasteiger partial charge >= 0.3 is 0 Å². The first kappa shape index (κ1) is 11.3. The van der Waals surface area contributed by atoms with E-state index in [0.29, 0.717) is 0 Å². The van der Waals surface area contributed by atoms with Crippen molar-refractivity contribution in [3.8, 4) is 0 Å². The van der Waals surface area contributed by atoms with E-state index >= 15 is 0 Å². The summed E-state index contributed by atoms with van der Waals surface area (Å²) in [7, 11) is 0. The molecule has 1 aromatic carbocycles. The van der Waals surface area contributed by atoms with Gasteiger partial charge in [0, 0.05) is 0 Å². The molecular weight excluding hydrogens is 172 g/mol. The lowest BCUT2D eigenvalue weighted by molar-refractivity contribution is 0.277. The lowest BCUT2D eigenvalue weighted by Crippen LogP contribution is -2.18. The summed E-state index contributed by atoms with van der Waals surface area (Å²) in [5.41, 5.74) is 3.71. The zero-order valence-corrected chi connectivity index (χ0v) is 9.59. The highest BCUT2D eigenvalue weighted by molar-refractivity contribution is 5.36. The summed E-state index contributed by atoms with van der Waals surface area (Å²) < 4.78 is 0. The molecule has 0 amide bonds. The minimum Gasteiger partial charge on any atom is -0.392 e. The molecule has 0 spiro atoms. The molecule has 1 aromatic rings. The molecule has 0 fully saturated rings. The highest BCUT2D eigenvalue weighted by Crippen LogP contribution is 2.30. The number of aliphatic hydroxyl groups is 1. The van der Waals surface area contributed by atoms with Gasteiger partial charge in [0.2, 0.25) is 0 Å². The van der Waals surface area contributed by atoms with Crippen molar-refractivity contribution in [1.29, 1.82) is 0 Å². The maximum absolute atomic E-state index is 9.30. The van der Waals surface area contributed by atoms with Gasteiger partial charge in [-0.25, -0.2) is 0 Å². The topological polar surface area (TPSA) is 20.2 Å². The number of aryl methyl sites for hydroxylation is 1. The van der Waals surface area contributed by atoms with Gasteiger partial charge in [-0.05, 0) is 29.9 Å². The van der Waals surface area contributed by atoms with Crippen LogP contribution in [0.2, 0.25) is 0 Å². The predicted octanol–water partition coefficient (Wildman–Crippen LogP) is 3.17. The van der Waals surface area contributed by atoms with Crippen LogP contribution in [0.15, 0.2) is 18.2 Å². The van der Waals surface area contributed by atoms with Crippen molar-refractivity contribution in [1.82, 2.24) is 0 Å². The van der Waals surface area contributed by atoms with Gasteiger partial charge in [-0.1, -0.05) is 44.5 Å². The third kappa shape index (κ3) is 2.16. The monoisotopic (exact) mass is 192 g/mol. The summed E-state index contributed by atoms with van der Waals surface area (Å²) >= 11 is 0. The zero-order chi connectivity index (χ0) is 10.8. The van der Waals surface area contributed by atoms with E-state index in [4.69, 9.17) is 0 Å². The second-order valence-corrected chi connectivity index (χ2v) is 4.56. The quantitative estimate of drug-likeness (QED) is 0.780. The molecule has 0 saturated carbocycles. The molecule has 0 aromatic heterocycles. The summed E-state index contributed by atoms with van der Waals surface area (Å²) in [4.78, 5) is 0. The van der Waals surface area contributed by atoms with Gasteiger partial charge in [0.1, 0.15) is 0 Å². The van der Waals surface area contributed by atoms with Crippen LogP contribution in [0.1, 0.15) is 43.9 Å². The van der Waals surface area contributed by atoms with Crippen molar-refractivity contribution in [3.05, 3.63) is 34.9 Å². The molecular formula is C13H20O. The van der Waals surface area contributed by atoms with E-state index in [0.717, 1.165) is 12.0 Å². The van der Waals surface area contributed by atoms with E-state index in [1.54, 1.807) is 0 Å². The Balaban J connectivity index is 3.20. The number of aliphatic hydroxyl groups excluding tert-OH is 1. The van der Waals surface area contributed by atoms with Crippen molar-refractivity contribution in [3.63, 3.8) is 0 Å². The maximum atomic E-state index is 9.30. The van der Waals surface area contributed by atoms with E-state index in [-0.39, 0.29) is 12.0 Å². The normalized spacial score (nSPS) is 11.8. The molecule has 0 saturated heterocycles. The third-order valence-electron chi connectivity index (χ3n) is 3.04. The van der Waals surface area contributed by atoms with E-state index < -0.39 is 0 Å². The van der Waals surface area contributed by atoms with Gasteiger partial charge < -0.3 is 5.11 Å². The van der Waals surface area contributed by atoms with E-state index in [1.807, 2.05) is 0 Å². The Labute approximate surface area is 86.8 Å². The van der Waals surface area contributed by atoms with Crippen LogP contribution in [0.4, 0.5) is 0 Å². The molecule has 0 unspecified atom stereocenters. The summed E-state index contributed by atoms with van der Waals surface area (Å²) in [5.74, 6) is 0. The summed E-state index contributed by atoms with van der Waals surface area (Å²) in [6.07, 6.45) is 1.09. The average Bonchev–Trinajstić information content (AvgIpc) is 2.17. The van der Waals surface area contributed by atoms with Crippen LogP contribution in [-0.2, 0) is 12.0 Å². The van der Waals surface area contributed by atoms with Crippen LogP contribution in [-0.4, -0.2) is 5.11 Å². The van der Waals surface area contributed by atoms with Gasteiger partial charge in [-0.2, -0.15) is 0 Å². The average molecular weight is 192 g/mol. The van der Waals surface area contributed by atoms with E-state index in [1.165, 1.54) is 11.1 Å². The molecule has 1 heteroatoms. The maximum Gasteiger partial charge on any atom is 0.0684 e. The Morgan fingerprint density at radius 3 is 2.43 bits per heavy atom. The van der Waals surface area contributed by atoms with Gasteiger partial charge in [-0.15, -0.1) is 0 Å². The number of hydrogen-bond acceptors (Lipinski definition) is 1. The second kappa shape index (κ2) is 4.14. The van der Waals surface area contributed by atoms with Crippen LogP contribution in [0.3, 0.4) is 0 Å². The minimum absolute atomic E-state index is 0.139. The molecule has 0 aliphatic heterocycles. The van der Waals surface area contributed by atoms with E-state index in [9.17, 15) is 5.11 Å². The fourth-order valence-corrected chi connectivity index (χ4v) is 1.70. The van der Waals surface area contributed by atoms with Crippen molar-refractivity contribution in [2.24, 2.45) is 0 Å². The van der Waals surface area contributed by atoms with Gasteiger partial charge in [0.15, 0.2) is 0 Å². The summed E-state index contributed by atoms with van der Waals surface area (Å²) in [6, 6.07) is 6.34. The Kier molecular flexibility index (Phi) is 3.33. The fraction of sp³-hybridized carbons (Fsp3) is 0.538. The molecule has 1 N–H and O–H groups in total. The lowest BCUT2D eigenvalue weighted by Gasteiger charge is -2.26. The highest BCUT2D eigenvalue weighted by atomic mass is 16.3. The van der Waals surface area contributed by atoms with E-state index in [2.05, 4.69) is 45.9 Å². The van der Waals surface area contributed by atoms with Gasteiger partial charge in [0.25, 0.3) is 0 Å². The zero-order valence-electron chi connectivity index (χ0n) is 9.59. The van der Waals surface area contributed by atoms with Crippen LogP contribution in [0.25, 0.3) is 0 Å². The van der Waals surface area contributed by atoms with Gasteiger partial charge in [0.05, 0.1) is 6.61 Å². The molecule has 0 bridgehead atoms. The van der Waals surface area contributed by atoms with Crippen LogP contribution >= 0.6 is 0 Å². The first-order valence-electron chi connectivity index (χ1n) is 5.22. The molecule has 0 radical (unpaired) electrons. The first-order chi connectivity index (χ1) is 6.51. The Morgan fingerprint density at radius 1 is 1.29 bits per heavy atom. The first-order valence-corrected chi connectivity index (χ1v) is 5.22. The summed E-state index contributed by atoms with van der Waals surface area (Å²) in [6.45, 7) is 8.82. The van der Waals surface area contributed by atoms with Crippen LogP contribution < -0.4 is 0 Å². The molecule has 78 valence electrons. The highest BCUT2D eigenvalue weighted by Gasteiger charge is 2.20. The van der Waals surface area contributed by atoms with Crippen molar-refractivity contribution in [2.75, 3.05) is 0 Å². The smallest absolute Gasteiger partial charge is 0.0684 e. The molecule has 1 rings (SSSR count). The van der Waals surface area contributed by atoms with Crippen molar-refractivity contribution < 1.29 is 5.11 Å². The predicted molar refractivity (Wildman–Crippen MR) is 60.4 cm³/mol. The largest absolute Gasteiger partial charge is 0.392 e. The molecule has 0 atom stereocenters. The standard InChI is InChI=1S/C13H20O/c1-5-13(3,4)12-7-6-10(2)8-11(12)9-14/h6-8,14H,5,9H2,1-4H3. The molecule has 1 nitrogen and oxygen atoms in total. The Morgan fingerprint density at radius 2 is 1.93 bits per heavy atom. The minimum atomic E-state index is 0.139. The van der Waals surface area contributed by atoms with Crippen molar-refractivity contribution >= 4 is 0 Å². The van der Waals surface area contributed by atoms with Gasteiger partial charge in [-0.3, -0.25) is 0 Å². The second-order valence-electron chi connectivity index (χ2n) is 4.56. The lowest BCUT2D eigenvalue weighted by atomic mass is 9.79. The number of hydrogen-bond donors (Lipinski definition) is 1. The van der Waals surface area contributed by atoms with Crippen LogP contribution in [0.5, 0.6) is 0 Å². The Hall–Kier alpha value is -0.820. The molecule has 14 heavy (non-hydrogen) atoms. The SMILES string of the molecule is CCC(C)(C)c1ccc(C)cc1CO. The van der Waals surface area contributed by atoms with Crippen LogP contribution in [0, 0.1) is 6.92 Å².